The van der Waals surface area contributed by atoms with Gasteiger partial charge in [0, 0.05) is 30.5 Å². The minimum absolute atomic E-state index is 0. The lowest BCUT2D eigenvalue weighted by molar-refractivity contribution is -0.123. The number of nitrogens with one attached hydrogen (secondary N) is 3. The van der Waals surface area contributed by atoms with Gasteiger partial charge in [-0.2, -0.15) is 11.8 Å². The maximum absolute atomic E-state index is 12.3. The molecule has 1 aromatic carbocycles. The SMILES string of the molecule is CCC1Oc2cc(C(C)NC(=O)CC3CSCCN3)ccc2NC1=O.Cl. The van der Waals surface area contributed by atoms with Gasteiger partial charge < -0.3 is 20.7 Å². The number of halogens is 1. The quantitative estimate of drug-likeness (QED) is 0.708. The standard InChI is InChI=1S/C18H25N3O3S.ClH/c1-3-15-18(23)21-14-5-4-12(8-16(14)24-15)11(2)20-17(22)9-13-10-25-7-6-19-13;/h4-5,8,11,13,15,19H,3,6-7,9-10H2,1-2H3,(H,20,22)(H,21,23);1H. The van der Waals surface area contributed by atoms with E-state index in [4.69, 9.17) is 4.74 Å². The first-order valence-corrected chi connectivity index (χ1v) is 9.94. The Morgan fingerprint density at radius 2 is 2.27 bits per heavy atom. The Morgan fingerprint density at radius 1 is 1.46 bits per heavy atom. The Bertz CT molecular complexity index is 653. The van der Waals surface area contributed by atoms with Crippen molar-refractivity contribution in [2.45, 2.75) is 44.9 Å². The van der Waals surface area contributed by atoms with E-state index in [2.05, 4.69) is 16.0 Å². The zero-order valence-electron chi connectivity index (χ0n) is 15.0. The molecule has 0 spiro atoms. The van der Waals surface area contributed by atoms with Crippen LogP contribution in [-0.4, -0.2) is 42.0 Å². The number of anilines is 1. The Hall–Kier alpha value is -1.44. The van der Waals surface area contributed by atoms with Crippen molar-refractivity contribution < 1.29 is 14.3 Å². The van der Waals surface area contributed by atoms with Gasteiger partial charge >= 0.3 is 0 Å². The van der Waals surface area contributed by atoms with Crippen LogP contribution in [0.4, 0.5) is 5.69 Å². The molecule has 1 fully saturated rings. The first-order chi connectivity index (χ1) is 12.1. The van der Waals surface area contributed by atoms with Crippen LogP contribution in [0.5, 0.6) is 5.75 Å². The average Bonchev–Trinajstić information content (AvgIpc) is 2.61. The summed E-state index contributed by atoms with van der Waals surface area (Å²) >= 11 is 1.88. The summed E-state index contributed by atoms with van der Waals surface area (Å²) in [6, 6.07) is 5.77. The number of carbonyl (C=O) groups excluding carboxylic acids is 2. The fraction of sp³-hybridized carbons (Fsp3) is 0.556. The molecular weight excluding hydrogens is 374 g/mol. The van der Waals surface area contributed by atoms with Crippen LogP contribution in [0.1, 0.15) is 38.3 Å². The lowest BCUT2D eigenvalue weighted by Gasteiger charge is -2.26. The fourth-order valence-corrected chi connectivity index (χ4v) is 4.01. The molecule has 0 aliphatic carbocycles. The average molecular weight is 400 g/mol. The van der Waals surface area contributed by atoms with E-state index in [9.17, 15) is 9.59 Å². The van der Waals surface area contributed by atoms with Crippen LogP contribution >= 0.6 is 24.2 Å². The van der Waals surface area contributed by atoms with E-state index < -0.39 is 6.10 Å². The number of carbonyl (C=O) groups is 2. The maximum atomic E-state index is 12.3. The molecule has 0 bridgehead atoms. The molecule has 1 aromatic rings. The van der Waals surface area contributed by atoms with Gasteiger partial charge in [0.2, 0.25) is 5.91 Å². The molecule has 0 aromatic heterocycles. The Labute approximate surface area is 164 Å². The third kappa shape index (κ3) is 5.05. The molecule has 0 radical (unpaired) electrons. The predicted octanol–water partition coefficient (Wildman–Crippen LogP) is 2.49. The van der Waals surface area contributed by atoms with Crippen molar-refractivity contribution >= 4 is 41.7 Å². The number of benzene rings is 1. The van der Waals surface area contributed by atoms with Gasteiger partial charge in [-0.25, -0.2) is 0 Å². The van der Waals surface area contributed by atoms with Crippen molar-refractivity contribution in [3.8, 4) is 5.75 Å². The molecule has 0 saturated carbocycles. The van der Waals surface area contributed by atoms with Crippen molar-refractivity contribution in [2.24, 2.45) is 0 Å². The number of amides is 2. The van der Waals surface area contributed by atoms with E-state index in [1.165, 1.54) is 0 Å². The van der Waals surface area contributed by atoms with E-state index >= 15 is 0 Å². The topological polar surface area (TPSA) is 79.5 Å². The number of fused-ring (bicyclic) bond motifs is 1. The Morgan fingerprint density at radius 3 is 2.96 bits per heavy atom. The van der Waals surface area contributed by atoms with Gasteiger partial charge in [-0.1, -0.05) is 13.0 Å². The highest BCUT2D eigenvalue weighted by Gasteiger charge is 2.26. The monoisotopic (exact) mass is 399 g/mol. The molecule has 3 atom stereocenters. The lowest BCUT2D eigenvalue weighted by atomic mass is 10.1. The van der Waals surface area contributed by atoms with Crippen LogP contribution < -0.4 is 20.7 Å². The molecule has 144 valence electrons. The van der Waals surface area contributed by atoms with Gasteiger partial charge in [-0.05, 0) is 31.0 Å². The number of thioether (sulfide) groups is 1. The largest absolute Gasteiger partial charge is 0.478 e. The first-order valence-electron chi connectivity index (χ1n) is 8.78. The van der Waals surface area contributed by atoms with Gasteiger partial charge in [0.05, 0.1) is 11.7 Å². The van der Waals surface area contributed by atoms with E-state index in [1.54, 1.807) is 0 Å². The van der Waals surface area contributed by atoms with Crippen molar-refractivity contribution in [1.29, 1.82) is 0 Å². The van der Waals surface area contributed by atoms with E-state index in [-0.39, 0.29) is 36.3 Å². The van der Waals surface area contributed by atoms with Crippen LogP contribution in [0.15, 0.2) is 18.2 Å². The number of hydrogen-bond acceptors (Lipinski definition) is 5. The van der Waals surface area contributed by atoms with Gasteiger partial charge in [0.25, 0.3) is 5.91 Å². The molecule has 2 heterocycles. The molecule has 3 unspecified atom stereocenters. The summed E-state index contributed by atoms with van der Waals surface area (Å²) < 4.78 is 5.77. The Kier molecular flexibility index (Phi) is 7.61. The summed E-state index contributed by atoms with van der Waals surface area (Å²) in [5.41, 5.74) is 1.64. The van der Waals surface area contributed by atoms with Gasteiger partial charge in [-0.3, -0.25) is 9.59 Å². The second-order valence-corrected chi connectivity index (χ2v) is 7.63. The van der Waals surface area contributed by atoms with Crippen LogP contribution in [0.3, 0.4) is 0 Å². The van der Waals surface area contributed by atoms with Crippen LogP contribution in [0.2, 0.25) is 0 Å². The van der Waals surface area contributed by atoms with Crippen LogP contribution in [0, 0.1) is 0 Å². The van der Waals surface area contributed by atoms with E-state index in [1.807, 2.05) is 43.8 Å². The second-order valence-electron chi connectivity index (χ2n) is 6.48. The van der Waals surface area contributed by atoms with E-state index in [0.29, 0.717) is 24.3 Å². The summed E-state index contributed by atoms with van der Waals surface area (Å²) in [6.45, 7) is 4.84. The highest BCUT2D eigenvalue weighted by molar-refractivity contribution is 7.99. The molecule has 2 amide bonds. The third-order valence-corrected chi connectivity index (χ3v) is 5.63. The van der Waals surface area contributed by atoms with Crippen molar-refractivity contribution in [3.63, 3.8) is 0 Å². The molecule has 2 aliphatic heterocycles. The summed E-state index contributed by atoms with van der Waals surface area (Å²) in [5, 5.41) is 9.29. The highest BCUT2D eigenvalue weighted by atomic mass is 35.5. The third-order valence-electron chi connectivity index (χ3n) is 4.50. The van der Waals surface area contributed by atoms with Crippen LogP contribution in [0.25, 0.3) is 0 Å². The Balaban J connectivity index is 0.00000243. The summed E-state index contributed by atoms with van der Waals surface area (Å²) in [7, 11) is 0. The molecule has 3 N–H and O–H groups in total. The molecule has 8 heteroatoms. The summed E-state index contributed by atoms with van der Waals surface area (Å²) in [5.74, 6) is 2.69. The normalized spacial score (nSPS) is 22.9. The minimum Gasteiger partial charge on any atom is -0.478 e. The molecule has 2 aliphatic rings. The molecule has 1 saturated heterocycles. The van der Waals surface area contributed by atoms with Gasteiger partial charge in [0.1, 0.15) is 5.75 Å². The molecule has 6 nitrogen and oxygen atoms in total. The molecule has 26 heavy (non-hydrogen) atoms. The number of ether oxygens (including phenoxy) is 1. The maximum Gasteiger partial charge on any atom is 0.265 e. The summed E-state index contributed by atoms with van der Waals surface area (Å²) in [6.07, 6.45) is 0.656. The van der Waals surface area contributed by atoms with Crippen molar-refractivity contribution in [3.05, 3.63) is 23.8 Å². The fourth-order valence-electron chi connectivity index (χ4n) is 3.06. The number of rotatable bonds is 5. The van der Waals surface area contributed by atoms with Crippen molar-refractivity contribution in [2.75, 3.05) is 23.4 Å². The minimum atomic E-state index is -0.456. The molecule has 3 rings (SSSR count). The smallest absolute Gasteiger partial charge is 0.265 e. The predicted molar refractivity (Wildman–Crippen MR) is 107 cm³/mol. The van der Waals surface area contributed by atoms with E-state index in [0.717, 1.165) is 23.6 Å². The highest BCUT2D eigenvalue weighted by Crippen LogP contribution is 2.33. The van der Waals surface area contributed by atoms with Gasteiger partial charge in [-0.15, -0.1) is 12.4 Å². The van der Waals surface area contributed by atoms with Crippen molar-refractivity contribution in [1.82, 2.24) is 10.6 Å². The van der Waals surface area contributed by atoms with Gasteiger partial charge in [0.15, 0.2) is 6.10 Å². The first kappa shape index (κ1) is 20.9. The molecular formula is C18H26ClN3O3S. The van der Waals surface area contributed by atoms with Crippen LogP contribution in [-0.2, 0) is 9.59 Å². The number of hydrogen-bond donors (Lipinski definition) is 3. The zero-order valence-corrected chi connectivity index (χ0v) is 16.7. The lowest BCUT2D eigenvalue weighted by Crippen LogP contribution is -2.41. The zero-order chi connectivity index (χ0) is 17.8. The second kappa shape index (κ2) is 9.48. The summed E-state index contributed by atoms with van der Waals surface area (Å²) in [4.78, 5) is 24.1.